The molecule has 1 heterocycles. The van der Waals surface area contributed by atoms with Gasteiger partial charge in [-0.05, 0) is 84.5 Å². The van der Waals surface area contributed by atoms with Crippen LogP contribution in [0.5, 0.6) is 0 Å². The number of rotatable bonds is 2. The Hall–Kier alpha value is -2.55. The molecule has 0 aliphatic heterocycles. The summed E-state index contributed by atoms with van der Waals surface area (Å²) in [7, 11) is 0. The third-order valence-electron chi connectivity index (χ3n) is 13.1. The van der Waals surface area contributed by atoms with Crippen LogP contribution in [0.1, 0.15) is 105 Å². The second-order valence-corrected chi connectivity index (χ2v) is 16.0. The Morgan fingerprint density at radius 1 is 1.00 bits per heavy atom. The molecular formula is C34H45N3O3. The van der Waals surface area contributed by atoms with Crippen LogP contribution in [0.25, 0.3) is 0 Å². The fourth-order valence-corrected chi connectivity index (χ4v) is 10.8. The first-order chi connectivity index (χ1) is 18.5. The van der Waals surface area contributed by atoms with Crippen LogP contribution in [-0.2, 0) is 16.0 Å². The molecule has 1 aromatic heterocycles. The van der Waals surface area contributed by atoms with Crippen molar-refractivity contribution in [3.8, 4) is 6.07 Å². The quantitative estimate of drug-likeness (QED) is 0.393. The summed E-state index contributed by atoms with van der Waals surface area (Å²) in [6.45, 7) is 17.5. The van der Waals surface area contributed by atoms with Gasteiger partial charge >= 0.3 is 0 Å². The van der Waals surface area contributed by atoms with Crippen LogP contribution >= 0.6 is 0 Å². The van der Waals surface area contributed by atoms with Crippen molar-refractivity contribution < 1.29 is 14.0 Å². The van der Waals surface area contributed by atoms with E-state index in [1.165, 1.54) is 0 Å². The predicted molar refractivity (Wildman–Crippen MR) is 152 cm³/mol. The summed E-state index contributed by atoms with van der Waals surface area (Å²) in [6, 6.07) is 2.21. The van der Waals surface area contributed by atoms with E-state index in [1.807, 2.05) is 32.9 Å². The van der Waals surface area contributed by atoms with Gasteiger partial charge in [-0.2, -0.15) is 5.26 Å². The molecule has 214 valence electrons. The number of hydrogen-bond donors (Lipinski definition) is 0. The number of nitrogens with zero attached hydrogens (tertiary/aromatic N) is 3. The molecule has 5 aliphatic carbocycles. The molecule has 40 heavy (non-hydrogen) atoms. The first-order valence-electron chi connectivity index (χ1n) is 15.3. The molecule has 5 aliphatic rings. The number of allylic oxidation sites excluding steroid dienone is 4. The highest BCUT2D eigenvalue weighted by Crippen LogP contribution is 2.74. The maximum Gasteiger partial charge on any atom is 0.217 e. The molecule has 0 radical (unpaired) electrons. The zero-order valence-corrected chi connectivity index (χ0v) is 25.6. The number of fused-ring (bicyclic) bond motifs is 7. The second kappa shape index (κ2) is 8.26. The van der Waals surface area contributed by atoms with Crippen LogP contribution in [0.15, 0.2) is 27.7 Å². The first-order valence-corrected chi connectivity index (χ1v) is 15.3. The molecule has 0 N–H and O–H groups in total. The molecule has 6 rings (SSSR count). The summed E-state index contributed by atoms with van der Waals surface area (Å²) in [4.78, 5) is 27.9. The van der Waals surface area contributed by atoms with Gasteiger partial charge in [-0.3, -0.25) is 9.59 Å². The van der Waals surface area contributed by atoms with E-state index in [2.05, 4.69) is 50.9 Å². The number of carbonyl (C=O) groups is 2. The maximum atomic E-state index is 14.6. The van der Waals surface area contributed by atoms with Crippen molar-refractivity contribution in [1.29, 1.82) is 5.26 Å². The van der Waals surface area contributed by atoms with E-state index in [1.54, 1.807) is 0 Å². The van der Waals surface area contributed by atoms with Crippen LogP contribution in [0.3, 0.4) is 0 Å². The average Bonchev–Trinajstić information content (AvgIpc) is 3.27. The summed E-state index contributed by atoms with van der Waals surface area (Å²) >= 11 is 0. The molecule has 0 saturated heterocycles. The molecule has 3 saturated carbocycles. The lowest BCUT2D eigenvalue weighted by Crippen LogP contribution is -2.65. The Labute approximate surface area is 239 Å². The zero-order valence-electron chi connectivity index (χ0n) is 25.6. The third-order valence-corrected chi connectivity index (χ3v) is 13.1. The number of nitriles is 1. The van der Waals surface area contributed by atoms with Crippen LogP contribution in [0.4, 0.5) is 0 Å². The van der Waals surface area contributed by atoms with E-state index in [0.29, 0.717) is 11.8 Å². The Kier molecular flexibility index (Phi) is 5.70. The van der Waals surface area contributed by atoms with Crippen LogP contribution in [0.2, 0.25) is 0 Å². The van der Waals surface area contributed by atoms with E-state index >= 15 is 0 Å². The molecular weight excluding hydrogens is 498 g/mol. The monoisotopic (exact) mass is 543 g/mol. The summed E-state index contributed by atoms with van der Waals surface area (Å²) in [5.41, 5.74) is 0.00729. The Bertz CT molecular complexity index is 1410. The zero-order chi connectivity index (χ0) is 29.1. The van der Waals surface area contributed by atoms with Crippen LogP contribution in [-0.4, -0.2) is 21.8 Å². The van der Waals surface area contributed by atoms with Gasteiger partial charge in [0.2, 0.25) is 11.8 Å². The van der Waals surface area contributed by atoms with E-state index < -0.39 is 10.8 Å². The van der Waals surface area contributed by atoms with Crippen molar-refractivity contribution in [3.63, 3.8) is 0 Å². The molecule has 0 amide bonds. The number of aromatic nitrogens is 2. The summed E-state index contributed by atoms with van der Waals surface area (Å²) in [5, 5.41) is 18.5. The van der Waals surface area contributed by atoms with Gasteiger partial charge in [0.05, 0.1) is 5.57 Å². The molecule has 0 aromatic carbocycles. The number of hydrogen-bond acceptors (Lipinski definition) is 6. The fourth-order valence-electron chi connectivity index (χ4n) is 10.8. The lowest BCUT2D eigenvalue weighted by Gasteiger charge is -2.69. The molecule has 3 unspecified atom stereocenters. The molecule has 6 heteroatoms. The lowest BCUT2D eigenvalue weighted by molar-refractivity contribution is -0.171. The number of aryl methyl sites for hydroxylation is 1. The first kappa shape index (κ1) is 27.6. The third kappa shape index (κ3) is 3.45. The van der Waals surface area contributed by atoms with Gasteiger partial charge in [-0.1, -0.05) is 60.1 Å². The molecule has 0 spiro atoms. The van der Waals surface area contributed by atoms with Gasteiger partial charge in [0.1, 0.15) is 6.07 Å². The average molecular weight is 544 g/mol. The Morgan fingerprint density at radius 3 is 2.35 bits per heavy atom. The minimum absolute atomic E-state index is 0.0235. The SMILES string of the molecule is Cc1nnc(C[C@]23CCC(C)(C)CC2C2C(=O)C=C4[C@@]5(C)C=C(C#N)C(=O)C(C)(C)C5CC[C@@]4(C)[C@]2(C)CC3)o1. The van der Waals surface area contributed by atoms with E-state index in [0.717, 1.165) is 56.9 Å². The van der Waals surface area contributed by atoms with Gasteiger partial charge in [0.25, 0.3) is 0 Å². The highest BCUT2D eigenvalue weighted by molar-refractivity contribution is 6.04. The lowest BCUT2D eigenvalue weighted by atomic mass is 9.34. The molecule has 7 atom stereocenters. The topological polar surface area (TPSA) is 96.9 Å². The minimum atomic E-state index is -0.644. The molecule has 3 fully saturated rings. The Morgan fingerprint density at radius 2 is 1.70 bits per heavy atom. The van der Waals surface area contributed by atoms with Gasteiger partial charge in [-0.25, -0.2) is 0 Å². The second-order valence-electron chi connectivity index (χ2n) is 16.0. The Balaban J connectivity index is 1.50. The number of Topliss-reactive ketones (excluding diaryl/α,β-unsaturated/α-hetero) is 1. The van der Waals surface area contributed by atoms with Crippen molar-refractivity contribution in [3.05, 3.63) is 35.1 Å². The van der Waals surface area contributed by atoms with Crippen LogP contribution in [0, 0.1) is 68.5 Å². The maximum absolute atomic E-state index is 14.6. The van der Waals surface area contributed by atoms with Gasteiger partial charge in [0, 0.05) is 30.1 Å². The van der Waals surface area contributed by atoms with Crippen molar-refractivity contribution in [1.82, 2.24) is 10.2 Å². The van der Waals surface area contributed by atoms with Gasteiger partial charge < -0.3 is 4.42 Å². The smallest absolute Gasteiger partial charge is 0.217 e. The molecule has 1 aromatic rings. The summed E-state index contributed by atoms with van der Waals surface area (Å²) in [6.07, 6.45) is 11.8. The molecule has 6 nitrogen and oxygen atoms in total. The normalized spacial score (nSPS) is 43.3. The summed E-state index contributed by atoms with van der Waals surface area (Å²) < 4.78 is 5.92. The van der Waals surface area contributed by atoms with E-state index in [9.17, 15) is 14.9 Å². The largest absolute Gasteiger partial charge is 0.426 e. The standard InChI is InChI=1S/C34H45N3O3/c1-20-36-37-26(40-20)18-34-13-11-29(2,3)17-22(34)27-23(38)15-25-31(6)16-21(19-35)28(39)30(4,5)24(31)9-10-32(25,7)33(27,8)12-14-34/h15-16,22,24,27H,9-14,17-18H2,1-8H3/t22?,24?,27?,31-,32+,33+,34+/m0/s1. The van der Waals surface area contributed by atoms with Crippen molar-refractivity contribution in [2.24, 2.45) is 50.2 Å². The van der Waals surface area contributed by atoms with Crippen molar-refractivity contribution in [2.75, 3.05) is 0 Å². The van der Waals surface area contributed by atoms with Crippen LogP contribution < -0.4 is 0 Å². The predicted octanol–water partition coefficient (Wildman–Crippen LogP) is 7.14. The fraction of sp³-hybridized carbons (Fsp3) is 0.735. The minimum Gasteiger partial charge on any atom is -0.426 e. The highest BCUT2D eigenvalue weighted by atomic mass is 16.4. The highest BCUT2D eigenvalue weighted by Gasteiger charge is 2.69. The van der Waals surface area contributed by atoms with E-state index in [-0.39, 0.29) is 56.6 Å². The van der Waals surface area contributed by atoms with E-state index in [4.69, 9.17) is 4.42 Å². The van der Waals surface area contributed by atoms with Crippen molar-refractivity contribution >= 4 is 11.6 Å². The molecule has 0 bridgehead atoms. The summed E-state index contributed by atoms with van der Waals surface area (Å²) in [5.74, 6) is 1.71. The van der Waals surface area contributed by atoms with Gasteiger partial charge in [0.15, 0.2) is 11.6 Å². The van der Waals surface area contributed by atoms with Crippen molar-refractivity contribution in [2.45, 2.75) is 107 Å². The van der Waals surface area contributed by atoms with Gasteiger partial charge in [-0.15, -0.1) is 10.2 Å². The number of carbonyl (C=O) groups excluding carboxylic acids is 2. The number of ketones is 2.